The molecule has 1 aliphatic rings. The van der Waals surface area contributed by atoms with Gasteiger partial charge in [-0.3, -0.25) is 4.98 Å². The second kappa shape index (κ2) is 6.15. The van der Waals surface area contributed by atoms with Crippen LogP contribution in [0.4, 0.5) is 19.0 Å². The molecule has 7 nitrogen and oxygen atoms in total. The lowest BCUT2D eigenvalue weighted by Gasteiger charge is -2.38. The van der Waals surface area contributed by atoms with Gasteiger partial charge in [0.15, 0.2) is 5.65 Å². The molecule has 0 unspecified atom stereocenters. The van der Waals surface area contributed by atoms with E-state index in [-0.39, 0.29) is 5.65 Å². The van der Waals surface area contributed by atoms with Gasteiger partial charge in [0, 0.05) is 19.3 Å². The van der Waals surface area contributed by atoms with Crippen LogP contribution in [0.15, 0.2) is 30.5 Å². The van der Waals surface area contributed by atoms with E-state index in [1.807, 2.05) is 24.0 Å². The predicted molar refractivity (Wildman–Crippen MR) is 90.1 cm³/mol. The SMILES string of the molecule is Cc1ccnc(C2(O)CCN(c3ccc4nnc(C(F)(F)F)n4n3)CC2)c1. The van der Waals surface area contributed by atoms with Gasteiger partial charge in [-0.05, 0) is 49.6 Å². The van der Waals surface area contributed by atoms with Crippen molar-refractivity contribution in [1.29, 1.82) is 0 Å². The maximum Gasteiger partial charge on any atom is 0.453 e. The van der Waals surface area contributed by atoms with Gasteiger partial charge in [0.2, 0.25) is 0 Å². The lowest BCUT2D eigenvalue weighted by molar-refractivity contribution is -0.146. The quantitative estimate of drug-likeness (QED) is 0.737. The normalized spacial score (nSPS) is 17.4. The Hall–Kier alpha value is -2.75. The highest BCUT2D eigenvalue weighted by Gasteiger charge is 2.38. The summed E-state index contributed by atoms with van der Waals surface area (Å²) >= 11 is 0. The first-order valence-electron chi connectivity index (χ1n) is 8.46. The van der Waals surface area contributed by atoms with Crippen molar-refractivity contribution in [2.45, 2.75) is 31.5 Å². The summed E-state index contributed by atoms with van der Waals surface area (Å²) in [5.74, 6) is -0.774. The molecule has 0 spiro atoms. The second-order valence-corrected chi connectivity index (χ2v) is 6.72. The highest BCUT2D eigenvalue weighted by Crippen LogP contribution is 2.34. The minimum absolute atomic E-state index is 0.0311. The summed E-state index contributed by atoms with van der Waals surface area (Å²) in [4.78, 5) is 6.11. The summed E-state index contributed by atoms with van der Waals surface area (Å²) in [6.45, 7) is 2.81. The number of aromatic nitrogens is 5. The first-order chi connectivity index (χ1) is 12.8. The van der Waals surface area contributed by atoms with Gasteiger partial charge in [0.05, 0.1) is 5.69 Å². The van der Waals surface area contributed by atoms with E-state index in [1.165, 1.54) is 6.07 Å². The average molecular weight is 378 g/mol. The van der Waals surface area contributed by atoms with Crippen molar-refractivity contribution < 1.29 is 18.3 Å². The van der Waals surface area contributed by atoms with Gasteiger partial charge in [0.25, 0.3) is 5.82 Å². The summed E-state index contributed by atoms with van der Waals surface area (Å²) in [6, 6.07) is 6.78. The van der Waals surface area contributed by atoms with Gasteiger partial charge >= 0.3 is 6.18 Å². The first-order valence-corrected chi connectivity index (χ1v) is 8.46. The third-order valence-electron chi connectivity index (χ3n) is 4.81. The fourth-order valence-electron chi connectivity index (χ4n) is 3.28. The van der Waals surface area contributed by atoms with Crippen LogP contribution in [0.2, 0.25) is 0 Å². The van der Waals surface area contributed by atoms with Crippen LogP contribution in [-0.4, -0.2) is 43.0 Å². The molecular weight excluding hydrogens is 361 g/mol. The molecule has 0 bridgehead atoms. The Kier molecular flexibility index (Phi) is 4.02. The molecule has 0 aromatic carbocycles. The number of fused-ring (bicyclic) bond motifs is 1. The molecule has 1 aliphatic heterocycles. The molecule has 4 heterocycles. The molecule has 3 aromatic heterocycles. The number of hydrogen-bond donors (Lipinski definition) is 1. The van der Waals surface area contributed by atoms with Crippen molar-refractivity contribution in [2.24, 2.45) is 0 Å². The molecule has 142 valence electrons. The van der Waals surface area contributed by atoms with Crippen LogP contribution in [0.3, 0.4) is 0 Å². The maximum atomic E-state index is 13.0. The molecule has 10 heteroatoms. The van der Waals surface area contributed by atoms with Crippen molar-refractivity contribution in [3.05, 3.63) is 47.5 Å². The van der Waals surface area contributed by atoms with Crippen molar-refractivity contribution >= 4 is 11.5 Å². The first kappa shape index (κ1) is 17.7. The summed E-state index contributed by atoms with van der Waals surface area (Å²) < 4.78 is 39.8. The van der Waals surface area contributed by atoms with E-state index in [4.69, 9.17) is 0 Å². The highest BCUT2D eigenvalue weighted by atomic mass is 19.4. The lowest BCUT2D eigenvalue weighted by atomic mass is 9.87. The lowest BCUT2D eigenvalue weighted by Crippen LogP contribution is -2.43. The third-order valence-corrected chi connectivity index (χ3v) is 4.81. The van der Waals surface area contributed by atoms with Crippen LogP contribution in [-0.2, 0) is 11.8 Å². The van der Waals surface area contributed by atoms with E-state index in [1.54, 1.807) is 12.3 Å². The number of aryl methyl sites for hydroxylation is 1. The minimum Gasteiger partial charge on any atom is -0.383 e. The molecule has 0 saturated carbocycles. The van der Waals surface area contributed by atoms with Gasteiger partial charge in [0.1, 0.15) is 11.4 Å². The number of aliphatic hydroxyl groups is 1. The molecule has 4 rings (SSSR count). The highest BCUT2D eigenvalue weighted by molar-refractivity contribution is 5.46. The Balaban J connectivity index is 1.58. The van der Waals surface area contributed by atoms with Gasteiger partial charge in [-0.1, -0.05) is 0 Å². The Morgan fingerprint density at radius 3 is 2.52 bits per heavy atom. The van der Waals surface area contributed by atoms with Crippen LogP contribution >= 0.6 is 0 Å². The predicted octanol–water partition coefficient (Wildman–Crippen LogP) is 2.33. The number of piperidine rings is 1. The molecule has 1 N–H and O–H groups in total. The molecule has 0 atom stereocenters. The largest absolute Gasteiger partial charge is 0.453 e. The number of nitrogens with zero attached hydrogens (tertiary/aromatic N) is 6. The Morgan fingerprint density at radius 2 is 1.85 bits per heavy atom. The average Bonchev–Trinajstić information content (AvgIpc) is 3.06. The van der Waals surface area contributed by atoms with Crippen LogP contribution in [0.25, 0.3) is 5.65 Å². The van der Waals surface area contributed by atoms with E-state index < -0.39 is 17.6 Å². The van der Waals surface area contributed by atoms with Gasteiger partial charge in [-0.2, -0.15) is 17.7 Å². The molecule has 0 radical (unpaired) electrons. The zero-order valence-corrected chi connectivity index (χ0v) is 14.5. The van der Waals surface area contributed by atoms with Crippen LogP contribution in [0.5, 0.6) is 0 Å². The molecule has 3 aromatic rings. The number of anilines is 1. The third kappa shape index (κ3) is 3.20. The summed E-state index contributed by atoms with van der Waals surface area (Å²) in [7, 11) is 0. The Morgan fingerprint density at radius 1 is 1.11 bits per heavy atom. The smallest absolute Gasteiger partial charge is 0.383 e. The van der Waals surface area contributed by atoms with Crippen LogP contribution in [0, 0.1) is 6.92 Å². The monoisotopic (exact) mass is 378 g/mol. The van der Waals surface area contributed by atoms with Gasteiger partial charge in [-0.15, -0.1) is 15.3 Å². The van der Waals surface area contributed by atoms with Crippen LogP contribution in [0.1, 0.15) is 29.9 Å². The Labute approximate surface area is 152 Å². The van der Waals surface area contributed by atoms with Crippen molar-refractivity contribution in [3.8, 4) is 0 Å². The molecule has 27 heavy (non-hydrogen) atoms. The standard InChI is InChI=1S/C17H17F3N6O/c1-11-4-7-21-12(10-11)16(27)5-8-25(9-6-16)14-3-2-13-22-23-15(17(18,19)20)26(13)24-14/h2-4,7,10,27H,5-6,8-9H2,1H3. The summed E-state index contributed by atoms with van der Waals surface area (Å²) in [6.07, 6.45) is -2.17. The second-order valence-electron chi connectivity index (χ2n) is 6.72. The fraction of sp³-hybridized carbons (Fsp3) is 0.412. The zero-order valence-electron chi connectivity index (χ0n) is 14.5. The fourth-order valence-corrected chi connectivity index (χ4v) is 3.28. The maximum absolute atomic E-state index is 13.0. The number of pyridine rings is 1. The number of halogens is 3. The van der Waals surface area contributed by atoms with Gasteiger partial charge < -0.3 is 10.0 Å². The Bertz CT molecular complexity index is 978. The molecule has 1 saturated heterocycles. The summed E-state index contributed by atoms with van der Waals surface area (Å²) in [5, 5.41) is 21.7. The molecule has 1 fully saturated rings. The molecule has 0 aliphatic carbocycles. The number of alkyl halides is 3. The minimum atomic E-state index is -4.63. The van der Waals surface area contributed by atoms with E-state index >= 15 is 0 Å². The molecule has 0 amide bonds. The van der Waals surface area contributed by atoms with E-state index in [9.17, 15) is 18.3 Å². The van der Waals surface area contributed by atoms with E-state index in [0.717, 1.165) is 5.56 Å². The van der Waals surface area contributed by atoms with Crippen molar-refractivity contribution in [3.63, 3.8) is 0 Å². The topological polar surface area (TPSA) is 79.4 Å². The van der Waals surface area contributed by atoms with E-state index in [0.29, 0.717) is 42.0 Å². The van der Waals surface area contributed by atoms with Gasteiger partial charge in [-0.25, -0.2) is 0 Å². The van der Waals surface area contributed by atoms with Crippen LogP contribution < -0.4 is 4.90 Å². The van der Waals surface area contributed by atoms with Crippen molar-refractivity contribution in [2.75, 3.05) is 18.0 Å². The van der Waals surface area contributed by atoms with Crippen molar-refractivity contribution in [1.82, 2.24) is 24.8 Å². The molecular formula is C17H17F3N6O. The zero-order chi connectivity index (χ0) is 19.2. The summed E-state index contributed by atoms with van der Waals surface area (Å²) in [5.41, 5.74) is 0.600. The van der Waals surface area contributed by atoms with E-state index in [2.05, 4.69) is 20.3 Å². The number of rotatable bonds is 2. The number of hydrogen-bond acceptors (Lipinski definition) is 6.